The highest BCUT2D eigenvalue weighted by molar-refractivity contribution is 6.33. The molecule has 1 heterocycles. The molecule has 8 aromatic carbocycles. The summed E-state index contributed by atoms with van der Waals surface area (Å²) in [6, 6.07) is 63.3. The minimum Gasteiger partial charge on any atom is -0.247 e. The van der Waals surface area contributed by atoms with E-state index >= 15 is 0 Å². The molecule has 0 aliphatic carbocycles. The normalized spacial score (nSPS) is 11.5. The summed E-state index contributed by atoms with van der Waals surface area (Å²) in [6.45, 7) is 0. The first kappa shape index (κ1) is 26.4. The fraction of sp³-hybridized carbons (Fsp3) is 0. The molecular formula is C45H29N. The Balaban J connectivity index is 1.26. The lowest BCUT2D eigenvalue weighted by Gasteiger charge is -2.16. The third-order valence-corrected chi connectivity index (χ3v) is 9.21. The summed E-state index contributed by atoms with van der Waals surface area (Å²) in [5.41, 5.74) is 10.4. The Morgan fingerprint density at radius 1 is 0.261 bits per heavy atom. The van der Waals surface area contributed by atoms with Crippen molar-refractivity contribution in [3.63, 3.8) is 0 Å². The molecule has 1 nitrogen and oxygen atoms in total. The van der Waals surface area contributed by atoms with E-state index in [4.69, 9.17) is 4.98 Å². The number of para-hydroxylation sites is 1. The molecule has 0 radical (unpaired) electrons. The summed E-state index contributed by atoms with van der Waals surface area (Å²) in [5, 5.41) is 8.68. The van der Waals surface area contributed by atoms with Gasteiger partial charge in [0.15, 0.2) is 0 Å². The summed E-state index contributed by atoms with van der Waals surface area (Å²) in [7, 11) is 0. The first-order valence-corrected chi connectivity index (χ1v) is 15.8. The minimum absolute atomic E-state index is 1.01. The third-order valence-electron chi connectivity index (χ3n) is 9.21. The van der Waals surface area contributed by atoms with Crippen LogP contribution in [0.25, 0.3) is 87.9 Å². The molecule has 0 amide bonds. The molecule has 0 fully saturated rings. The predicted octanol–water partition coefficient (Wildman–Crippen LogP) is 12.4. The van der Waals surface area contributed by atoms with Gasteiger partial charge in [0.1, 0.15) is 0 Å². The van der Waals surface area contributed by atoms with Crippen LogP contribution in [0.3, 0.4) is 0 Å². The molecule has 0 aliphatic rings. The van der Waals surface area contributed by atoms with Crippen molar-refractivity contribution in [2.24, 2.45) is 0 Å². The van der Waals surface area contributed by atoms with E-state index in [1.807, 2.05) is 0 Å². The van der Waals surface area contributed by atoms with Crippen LogP contribution in [-0.4, -0.2) is 4.98 Å². The van der Waals surface area contributed by atoms with Gasteiger partial charge in [0.25, 0.3) is 0 Å². The first-order chi connectivity index (χ1) is 22.8. The molecular weight excluding hydrogens is 555 g/mol. The van der Waals surface area contributed by atoms with Crippen molar-refractivity contribution in [2.45, 2.75) is 0 Å². The van der Waals surface area contributed by atoms with Gasteiger partial charge in [-0.25, -0.2) is 4.98 Å². The highest BCUT2D eigenvalue weighted by Gasteiger charge is 2.17. The van der Waals surface area contributed by atoms with Crippen molar-refractivity contribution < 1.29 is 0 Å². The molecule has 0 saturated heterocycles. The minimum atomic E-state index is 1.01. The molecule has 214 valence electrons. The van der Waals surface area contributed by atoms with E-state index in [1.54, 1.807) is 0 Å². The summed E-state index contributed by atoms with van der Waals surface area (Å²) >= 11 is 0. The van der Waals surface area contributed by atoms with E-state index in [1.165, 1.54) is 71.1 Å². The van der Waals surface area contributed by atoms with Crippen molar-refractivity contribution in [3.05, 3.63) is 176 Å². The quantitative estimate of drug-likeness (QED) is 0.188. The van der Waals surface area contributed by atoms with Crippen molar-refractivity contribution >= 4 is 43.2 Å². The molecule has 0 N–H and O–H groups in total. The van der Waals surface area contributed by atoms with Crippen LogP contribution in [0.4, 0.5) is 0 Å². The van der Waals surface area contributed by atoms with Gasteiger partial charge in [-0.3, -0.25) is 0 Å². The van der Waals surface area contributed by atoms with Gasteiger partial charge < -0.3 is 0 Å². The van der Waals surface area contributed by atoms with Crippen LogP contribution in [0.15, 0.2) is 176 Å². The lowest BCUT2D eigenvalue weighted by atomic mass is 9.89. The van der Waals surface area contributed by atoms with Gasteiger partial charge in [0.2, 0.25) is 0 Å². The van der Waals surface area contributed by atoms with E-state index < -0.39 is 0 Å². The largest absolute Gasteiger partial charge is 0.247 e. The first-order valence-electron chi connectivity index (χ1n) is 15.8. The lowest BCUT2D eigenvalue weighted by Crippen LogP contribution is -1.93. The maximum atomic E-state index is 5.34. The Hall–Kier alpha value is -6.05. The molecule has 0 saturated carbocycles. The van der Waals surface area contributed by atoms with E-state index in [0.29, 0.717) is 0 Å². The van der Waals surface area contributed by atoms with Crippen LogP contribution in [0.5, 0.6) is 0 Å². The number of rotatable bonds is 4. The zero-order valence-electron chi connectivity index (χ0n) is 25.2. The van der Waals surface area contributed by atoms with E-state index in [2.05, 4.69) is 176 Å². The second-order valence-corrected chi connectivity index (χ2v) is 11.9. The molecule has 1 heteroatoms. The predicted molar refractivity (Wildman–Crippen MR) is 196 cm³/mol. The topological polar surface area (TPSA) is 12.9 Å². The van der Waals surface area contributed by atoms with Crippen LogP contribution in [0, 0.1) is 0 Å². The van der Waals surface area contributed by atoms with Crippen LogP contribution >= 0.6 is 0 Å². The molecule has 0 aliphatic heterocycles. The third kappa shape index (κ3) is 4.37. The number of fused-ring (bicyclic) bond motifs is 8. The van der Waals surface area contributed by atoms with Crippen molar-refractivity contribution in [1.82, 2.24) is 4.98 Å². The van der Waals surface area contributed by atoms with Gasteiger partial charge in [-0.2, -0.15) is 0 Å². The maximum absolute atomic E-state index is 5.34. The Kier molecular flexibility index (Phi) is 6.21. The van der Waals surface area contributed by atoms with Gasteiger partial charge in [-0.15, -0.1) is 0 Å². The fourth-order valence-electron chi connectivity index (χ4n) is 7.04. The molecule has 0 unspecified atom stereocenters. The number of nitrogens with zero attached hydrogens (tertiary/aromatic N) is 1. The standard InChI is InChI=1S/C45H29N/c1-3-13-30(14-4-1)34-27-35(31-15-5-2-6-16-31)29-36(28-34)32-23-25-33(26-24-32)45-44-40-20-10-8-18-38(40)37-17-7-9-19-39(37)43(44)41-21-11-12-22-42(41)46-45/h1-29H. The fourth-order valence-corrected chi connectivity index (χ4v) is 7.04. The van der Waals surface area contributed by atoms with Crippen molar-refractivity contribution in [3.8, 4) is 44.6 Å². The Morgan fingerprint density at radius 2 is 0.652 bits per heavy atom. The second-order valence-electron chi connectivity index (χ2n) is 11.9. The monoisotopic (exact) mass is 583 g/mol. The van der Waals surface area contributed by atoms with E-state index in [-0.39, 0.29) is 0 Å². The number of aromatic nitrogens is 1. The Labute approximate surface area is 268 Å². The van der Waals surface area contributed by atoms with E-state index in [9.17, 15) is 0 Å². The van der Waals surface area contributed by atoms with Crippen molar-refractivity contribution in [2.75, 3.05) is 0 Å². The zero-order valence-corrected chi connectivity index (χ0v) is 25.2. The number of hydrogen-bond acceptors (Lipinski definition) is 1. The smallest absolute Gasteiger partial charge is 0.0794 e. The SMILES string of the molecule is c1ccc(-c2cc(-c3ccccc3)cc(-c3ccc(-c4nc5ccccc5c5c6ccccc6c6ccccc6c45)cc3)c2)cc1. The molecule has 0 bridgehead atoms. The number of pyridine rings is 1. The summed E-state index contributed by atoms with van der Waals surface area (Å²) in [4.78, 5) is 5.34. The van der Waals surface area contributed by atoms with E-state index in [0.717, 1.165) is 16.8 Å². The van der Waals surface area contributed by atoms with Crippen LogP contribution in [0.1, 0.15) is 0 Å². The van der Waals surface area contributed by atoms with Gasteiger partial charge in [-0.1, -0.05) is 152 Å². The average Bonchev–Trinajstić information content (AvgIpc) is 3.15. The summed E-state index contributed by atoms with van der Waals surface area (Å²) in [5.74, 6) is 0. The Bertz CT molecular complexity index is 2490. The molecule has 46 heavy (non-hydrogen) atoms. The van der Waals surface area contributed by atoms with Crippen LogP contribution in [0.2, 0.25) is 0 Å². The highest BCUT2D eigenvalue weighted by atomic mass is 14.7. The lowest BCUT2D eigenvalue weighted by molar-refractivity contribution is 1.43. The van der Waals surface area contributed by atoms with Crippen LogP contribution in [-0.2, 0) is 0 Å². The van der Waals surface area contributed by atoms with Gasteiger partial charge in [0.05, 0.1) is 11.2 Å². The average molecular weight is 584 g/mol. The van der Waals surface area contributed by atoms with Gasteiger partial charge >= 0.3 is 0 Å². The highest BCUT2D eigenvalue weighted by Crippen LogP contribution is 2.43. The molecule has 0 atom stereocenters. The summed E-state index contributed by atoms with van der Waals surface area (Å²) in [6.07, 6.45) is 0. The molecule has 9 rings (SSSR count). The maximum Gasteiger partial charge on any atom is 0.0794 e. The van der Waals surface area contributed by atoms with Gasteiger partial charge in [-0.05, 0) is 79.2 Å². The molecule has 1 aromatic heterocycles. The van der Waals surface area contributed by atoms with Gasteiger partial charge in [0, 0.05) is 21.7 Å². The Morgan fingerprint density at radius 3 is 1.20 bits per heavy atom. The summed E-state index contributed by atoms with van der Waals surface area (Å²) < 4.78 is 0. The molecule has 0 spiro atoms. The van der Waals surface area contributed by atoms with Crippen LogP contribution < -0.4 is 0 Å². The number of hydrogen-bond donors (Lipinski definition) is 0. The number of benzene rings is 8. The molecule has 9 aromatic rings. The van der Waals surface area contributed by atoms with Crippen molar-refractivity contribution in [1.29, 1.82) is 0 Å². The zero-order chi connectivity index (χ0) is 30.5. The second kappa shape index (κ2) is 10.8.